The smallest absolute Gasteiger partial charge is 0.316 e. The highest BCUT2D eigenvalue weighted by molar-refractivity contribution is 8.00. The van der Waals surface area contributed by atoms with Gasteiger partial charge in [-0.05, 0) is 19.9 Å². The molecule has 0 saturated heterocycles. The van der Waals surface area contributed by atoms with Gasteiger partial charge in [-0.1, -0.05) is 17.8 Å². The van der Waals surface area contributed by atoms with Crippen molar-refractivity contribution in [2.45, 2.75) is 24.1 Å². The summed E-state index contributed by atoms with van der Waals surface area (Å²) in [6, 6.07) is 5.32. The molecule has 1 N–H and O–H groups in total. The predicted molar refractivity (Wildman–Crippen MR) is 58.4 cm³/mol. The van der Waals surface area contributed by atoms with Gasteiger partial charge in [-0.15, -0.1) is 0 Å². The Hall–Kier alpha value is -1.23. The van der Waals surface area contributed by atoms with E-state index in [1.807, 2.05) is 6.92 Å². The third-order valence-corrected chi connectivity index (χ3v) is 2.66. The maximum Gasteiger partial charge on any atom is 0.316 e. The lowest BCUT2D eigenvalue weighted by atomic mass is 10.5. The Labute approximate surface area is 92.7 Å². The third-order valence-electron chi connectivity index (χ3n) is 1.64. The SMILES string of the molecule is CCOc1cccc(SC(C)C(=O)O)n1. The molecule has 0 saturated carbocycles. The summed E-state index contributed by atoms with van der Waals surface area (Å²) >= 11 is 1.20. The second kappa shape index (κ2) is 5.60. The largest absolute Gasteiger partial charge is 0.480 e. The van der Waals surface area contributed by atoms with E-state index in [9.17, 15) is 4.79 Å². The zero-order valence-electron chi connectivity index (χ0n) is 8.64. The van der Waals surface area contributed by atoms with Crippen LogP contribution in [-0.2, 0) is 4.79 Å². The summed E-state index contributed by atoms with van der Waals surface area (Å²) in [6.45, 7) is 4.05. The van der Waals surface area contributed by atoms with Gasteiger partial charge in [0.2, 0.25) is 5.88 Å². The van der Waals surface area contributed by atoms with Gasteiger partial charge in [-0.2, -0.15) is 0 Å². The Bertz CT molecular complexity index is 343. The molecule has 0 aliphatic carbocycles. The van der Waals surface area contributed by atoms with Crippen molar-refractivity contribution in [3.63, 3.8) is 0 Å². The Morgan fingerprint density at radius 2 is 2.40 bits per heavy atom. The second-order valence-electron chi connectivity index (χ2n) is 2.85. The van der Waals surface area contributed by atoms with Gasteiger partial charge in [0.15, 0.2) is 0 Å². The van der Waals surface area contributed by atoms with E-state index in [1.54, 1.807) is 25.1 Å². The van der Waals surface area contributed by atoms with Crippen molar-refractivity contribution in [1.29, 1.82) is 0 Å². The molecule has 0 amide bonds. The van der Waals surface area contributed by atoms with Crippen LogP contribution in [0.25, 0.3) is 0 Å². The van der Waals surface area contributed by atoms with E-state index >= 15 is 0 Å². The summed E-state index contributed by atoms with van der Waals surface area (Å²) in [4.78, 5) is 14.8. The van der Waals surface area contributed by atoms with Gasteiger partial charge in [0.05, 0.1) is 6.61 Å². The van der Waals surface area contributed by atoms with Crippen molar-refractivity contribution in [2.75, 3.05) is 6.61 Å². The van der Waals surface area contributed by atoms with E-state index in [0.717, 1.165) is 0 Å². The number of carboxylic acids is 1. The van der Waals surface area contributed by atoms with Gasteiger partial charge in [0, 0.05) is 6.07 Å². The standard InChI is InChI=1S/C10H13NO3S/c1-3-14-8-5-4-6-9(11-8)15-7(2)10(12)13/h4-7H,3H2,1-2H3,(H,12,13). The van der Waals surface area contributed by atoms with Crippen LogP contribution in [0.5, 0.6) is 5.88 Å². The predicted octanol–water partition coefficient (Wildman–Crippen LogP) is 2.05. The Kier molecular flexibility index (Phi) is 4.42. The molecule has 1 atom stereocenters. The fraction of sp³-hybridized carbons (Fsp3) is 0.400. The van der Waals surface area contributed by atoms with Crippen LogP contribution in [0.1, 0.15) is 13.8 Å². The molecule has 5 heteroatoms. The van der Waals surface area contributed by atoms with Crippen LogP contribution >= 0.6 is 11.8 Å². The van der Waals surface area contributed by atoms with Crippen molar-refractivity contribution in [1.82, 2.24) is 4.98 Å². The maximum atomic E-state index is 10.6. The normalized spacial score (nSPS) is 12.1. The number of aliphatic carboxylic acids is 1. The van der Waals surface area contributed by atoms with Crippen LogP contribution in [0.4, 0.5) is 0 Å². The molecule has 4 nitrogen and oxygen atoms in total. The molecule has 15 heavy (non-hydrogen) atoms. The molecule has 0 aromatic carbocycles. The number of hydrogen-bond acceptors (Lipinski definition) is 4. The van der Waals surface area contributed by atoms with Crippen molar-refractivity contribution in [3.05, 3.63) is 18.2 Å². The van der Waals surface area contributed by atoms with Crippen molar-refractivity contribution >= 4 is 17.7 Å². The maximum absolute atomic E-state index is 10.6. The van der Waals surface area contributed by atoms with Crippen LogP contribution in [0.3, 0.4) is 0 Å². The number of ether oxygens (including phenoxy) is 1. The second-order valence-corrected chi connectivity index (χ2v) is 4.21. The first-order chi connectivity index (χ1) is 7.13. The minimum atomic E-state index is -0.844. The average Bonchev–Trinajstić information content (AvgIpc) is 2.18. The molecule has 1 unspecified atom stereocenters. The highest BCUT2D eigenvalue weighted by Gasteiger charge is 2.13. The monoisotopic (exact) mass is 227 g/mol. The highest BCUT2D eigenvalue weighted by Crippen LogP contribution is 2.23. The van der Waals surface area contributed by atoms with Crippen molar-refractivity contribution in [3.8, 4) is 5.88 Å². The summed E-state index contributed by atoms with van der Waals surface area (Å²) in [5.41, 5.74) is 0. The zero-order chi connectivity index (χ0) is 11.3. The molecule has 0 fully saturated rings. The van der Waals surface area contributed by atoms with Gasteiger partial charge in [-0.3, -0.25) is 4.79 Å². The summed E-state index contributed by atoms with van der Waals surface area (Å²) in [7, 11) is 0. The summed E-state index contributed by atoms with van der Waals surface area (Å²) < 4.78 is 5.22. The van der Waals surface area contributed by atoms with Gasteiger partial charge in [0.25, 0.3) is 0 Å². The molecule has 0 bridgehead atoms. The van der Waals surface area contributed by atoms with Crippen LogP contribution in [0, 0.1) is 0 Å². The first kappa shape index (κ1) is 11.8. The Balaban J connectivity index is 2.68. The van der Waals surface area contributed by atoms with Crippen molar-refractivity contribution in [2.24, 2.45) is 0 Å². The topological polar surface area (TPSA) is 59.4 Å². The lowest BCUT2D eigenvalue weighted by molar-refractivity contribution is -0.136. The molecule has 1 heterocycles. The average molecular weight is 227 g/mol. The first-order valence-corrected chi connectivity index (χ1v) is 5.50. The minimum absolute atomic E-state index is 0.505. The number of thioether (sulfide) groups is 1. The van der Waals surface area contributed by atoms with Gasteiger partial charge in [0.1, 0.15) is 10.3 Å². The van der Waals surface area contributed by atoms with Gasteiger partial charge in [-0.25, -0.2) is 4.98 Å². The van der Waals surface area contributed by atoms with E-state index in [-0.39, 0.29) is 0 Å². The summed E-state index contributed by atoms with van der Waals surface area (Å²) in [6.07, 6.45) is 0. The molecule has 1 aromatic heterocycles. The molecule has 0 aliphatic heterocycles. The van der Waals surface area contributed by atoms with E-state index in [0.29, 0.717) is 17.5 Å². The van der Waals surface area contributed by atoms with Gasteiger partial charge < -0.3 is 9.84 Å². The Morgan fingerprint density at radius 1 is 1.67 bits per heavy atom. The lowest BCUT2D eigenvalue weighted by Crippen LogP contribution is -2.11. The molecule has 0 aliphatic rings. The molecule has 0 radical (unpaired) electrons. The van der Waals surface area contributed by atoms with E-state index in [4.69, 9.17) is 9.84 Å². The number of rotatable bonds is 5. The number of aromatic nitrogens is 1. The zero-order valence-corrected chi connectivity index (χ0v) is 9.45. The number of pyridine rings is 1. The Morgan fingerprint density at radius 3 is 3.00 bits per heavy atom. The molecular formula is C10H13NO3S. The molecular weight excluding hydrogens is 214 g/mol. The minimum Gasteiger partial charge on any atom is -0.480 e. The van der Waals surface area contributed by atoms with Crippen LogP contribution in [0.2, 0.25) is 0 Å². The van der Waals surface area contributed by atoms with Crippen molar-refractivity contribution < 1.29 is 14.6 Å². The van der Waals surface area contributed by atoms with Gasteiger partial charge >= 0.3 is 5.97 Å². The van der Waals surface area contributed by atoms with E-state index in [2.05, 4.69) is 4.98 Å². The van der Waals surface area contributed by atoms with Crippen LogP contribution in [-0.4, -0.2) is 27.9 Å². The third kappa shape index (κ3) is 3.79. The van der Waals surface area contributed by atoms with Crippen LogP contribution < -0.4 is 4.74 Å². The lowest BCUT2D eigenvalue weighted by Gasteiger charge is -2.06. The molecule has 1 rings (SSSR count). The van der Waals surface area contributed by atoms with E-state index < -0.39 is 11.2 Å². The number of carbonyl (C=O) groups is 1. The quantitative estimate of drug-likeness (QED) is 0.780. The first-order valence-electron chi connectivity index (χ1n) is 4.62. The number of hydrogen-bond donors (Lipinski definition) is 1. The summed E-state index contributed by atoms with van der Waals surface area (Å²) in [5, 5.41) is 8.89. The molecule has 0 spiro atoms. The van der Waals surface area contributed by atoms with Crippen LogP contribution in [0.15, 0.2) is 23.2 Å². The molecule has 82 valence electrons. The number of nitrogens with zero attached hydrogens (tertiary/aromatic N) is 1. The highest BCUT2D eigenvalue weighted by atomic mass is 32.2. The number of carboxylic acid groups (broad SMARTS) is 1. The fourth-order valence-corrected chi connectivity index (χ4v) is 1.68. The molecule has 1 aromatic rings. The van der Waals surface area contributed by atoms with E-state index in [1.165, 1.54) is 11.8 Å². The fourth-order valence-electron chi connectivity index (χ4n) is 0.921. The summed E-state index contributed by atoms with van der Waals surface area (Å²) in [5.74, 6) is -0.316.